The monoisotopic (exact) mass is 435 g/mol. The van der Waals surface area contributed by atoms with Crippen LogP contribution in [0.4, 0.5) is 5.82 Å². The summed E-state index contributed by atoms with van der Waals surface area (Å²) in [6, 6.07) is 38.3. The third-order valence-corrected chi connectivity index (χ3v) is 5.71. The molecule has 4 heteroatoms. The molecule has 1 aromatic heterocycles. The maximum Gasteiger partial charge on any atom is 0.162 e. The first-order chi connectivity index (χ1) is 16.7. The molecule has 0 amide bonds. The summed E-state index contributed by atoms with van der Waals surface area (Å²) in [6.07, 6.45) is 1.85. The van der Waals surface area contributed by atoms with E-state index in [9.17, 15) is 0 Å². The number of nitrogens with two attached hydrogens (primary N) is 1. The van der Waals surface area contributed by atoms with E-state index in [1.54, 1.807) is 0 Å². The van der Waals surface area contributed by atoms with E-state index in [1.807, 2.05) is 91.1 Å². The summed E-state index contributed by atoms with van der Waals surface area (Å²) >= 11 is 0. The van der Waals surface area contributed by atoms with Crippen LogP contribution in [0, 0.1) is 0 Å². The summed E-state index contributed by atoms with van der Waals surface area (Å²) in [5, 5.41) is 0. The number of pyridine rings is 1. The van der Waals surface area contributed by atoms with Gasteiger partial charge in [0.1, 0.15) is 13.7 Å². The minimum atomic E-state index is 0.418. The van der Waals surface area contributed by atoms with Crippen molar-refractivity contribution in [2.24, 2.45) is 10.7 Å². The van der Waals surface area contributed by atoms with Crippen molar-refractivity contribution in [3.63, 3.8) is 0 Å². The number of aromatic nitrogens is 1. The lowest BCUT2D eigenvalue weighted by Gasteiger charge is -2.10. The molecule has 0 aliphatic rings. The van der Waals surface area contributed by atoms with Gasteiger partial charge in [-0.05, 0) is 28.3 Å². The van der Waals surface area contributed by atoms with Crippen LogP contribution in [-0.4, -0.2) is 18.7 Å². The van der Waals surface area contributed by atoms with Gasteiger partial charge in [-0.3, -0.25) is 0 Å². The fraction of sp³-hybridized carbons (Fsp3) is 0. The van der Waals surface area contributed by atoms with Gasteiger partial charge in [0, 0.05) is 22.9 Å². The highest BCUT2D eigenvalue weighted by Crippen LogP contribution is 2.33. The average Bonchev–Trinajstić information content (AvgIpc) is 2.90. The molecule has 0 bridgehead atoms. The Kier molecular flexibility index (Phi) is 6.04. The third-order valence-electron chi connectivity index (χ3n) is 5.71. The summed E-state index contributed by atoms with van der Waals surface area (Å²) in [5.41, 5.74) is 14.3. The topological polar surface area (TPSA) is 51.3 Å². The van der Waals surface area contributed by atoms with Gasteiger partial charge in [0.25, 0.3) is 0 Å². The van der Waals surface area contributed by atoms with Gasteiger partial charge in [0.15, 0.2) is 5.82 Å². The second-order valence-corrected chi connectivity index (χ2v) is 8.02. The number of rotatable bonds is 5. The average molecular weight is 435 g/mol. The van der Waals surface area contributed by atoms with E-state index in [2.05, 4.69) is 30.3 Å². The minimum Gasteiger partial charge on any atom is -0.383 e. The maximum absolute atomic E-state index is 6.43. The first-order valence-electron chi connectivity index (χ1n) is 11.1. The Morgan fingerprint density at radius 2 is 1.15 bits per heavy atom. The van der Waals surface area contributed by atoms with E-state index in [0.717, 1.165) is 44.4 Å². The third kappa shape index (κ3) is 4.67. The van der Waals surface area contributed by atoms with Crippen molar-refractivity contribution in [1.82, 2.24) is 4.98 Å². The maximum atomic E-state index is 6.43. The van der Waals surface area contributed by atoms with Crippen LogP contribution in [-0.2, 0) is 0 Å². The Morgan fingerprint density at radius 3 is 1.76 bits per heavy atom. The van der Waals surface area contributed by atoms with Crippen molar-refractivity contribution in [3.8, 4) is 33.4 Å². The second kappa shape index (κ2) is 9.59. The zero-order valence-corrected chi connectivity index (χ0v) is 18.6. The van der Waals surface area contributed by atoms with Crippen LogP contribution in [0.2, 0.25) is 0 Å². The second-order valence-electron chi connectivity index (χ2n) is 8.02. The van der Waals surface area contributed by atoms with Crippen LogP contribution in [0.15, 0.2) is 126 Å². The van der Waals surface area contributed by atoms with Gasteiger partial charge in [-0.15, -0.1) is 0 Å². The van der Waals surface area contributed by atoms with E-state index in [-0.39, 0.29) is 0 Å². The van der Waals surface area contributed by atoms with Crippen LogP contribution in [0.1, 0.15) is 5.56 Å². The Morgan fingerprint density at radius 1 is 0.618 bits per heavy atom. The lowest BCUT2D eigenvalue weighted by molar-refractivity contribution is 1.26. The molecule has 0 aliphatic heterocycles. The molecule has 0 unspecified atom stereocenters. The number of aliphatic imine (C=N–C) groups is 1. The molecule has 4 aromatic carbocycles. The highest BCUT2D eigenvalue weighted by molar-refractivity contribution is 6.32. The fourth-order valence-electron chi connectivity index (χ4n) is 3.85. The van der Waals surface area contributed by atoms with Gasteiger partial charge < -0.3 is 5.73 Å². The molecule has 160 valence electrons. The van der Waals surface area contributed by atoms with Gasteiger partial charge in [0.2, 0.25) is 0 Å². The van der Waals surface area contributed by atoms with E-state index in [0.29, 0.717) is 11.7 Å². The smallest absolute Gasteiger partial charge is 0.162 e. The number of hydrogen-bond acceptors (Lipinski definition) is 2. The summed E-state index contributed by atoms with van der Waals surface area (Å²) in [7, 11) is 5.80. The van der Waals surface area contributed by atoms with Gasteiger partial charge in [-0.1, -0.05) is 115 Å². The zero-order valence-electron chi connectivity index (χ0n) is 18.6. The quantitative estimate of drug-likeness (QED) is 0.212. The number of nitrogens with zero attached hydrogens (tertiary/aromatic N) is 2. The molecular weight excluding hydrogens is 413 g/mol. The van der Waals surface area contributed by atoms with Crippen molar-refractivity contribution < 1.29 is 0 Å². The molecule has 1 heterocycles. The minimum absolute atomic E-state index is 0.418. The Balaban J connectivity index is 1.51. The van der Waals surface area contributed by atoms with Crippen molar-refractivity contribution in [2.75, 3.05) is 0 Å². The Hall–Kier alpha value is -4.44. The van der Waals surface area contributed by atoms with Gasteiger partial charge in [0.05, 0.1) is 0 Å². The predicted octanol–water partition coefficient (Wildman–Crippen LogP) is 5.91. The van der Waals surface area contributed by atoms with E-state index < -0.39 is 0 Å². The molecule has 5 rings (SSSR count). The van der Waals surface area contributed by atoms with Crippen molar-refractivity contribution in [2.45, 2.75) is 0 Å². The highest BCUT2D eigenvalue weighted by atomic mass is 15.0. The Labute approximate surface area is 201 Å². The van der Waals surface area contributed by atoms with Gasteiger partial charge in [-0.25, -0.2) is 9.98 Å². The normalized spacial score (nSPS) is 11.4. The van der Waals surface area contributed by atoms with E-state index in [1.165, 1.54) is 0 Å². The molecular formula is C30H22BN3. The molecule has 5 aromatic rings. The van der Waals surface area contributed by atoms with Crippen molar-refractivity contribution >= 4 is 25.0 Å². The molecule has 2 radical (unpaired) electrons. The lowest BCUT2D eigenvalue weighted by Crippen LogP contribution is -2.13. The van der Waals surface area contributed by atoms with Gasteiger partial charge in [-0.2, -0.15) is 0 Å². The molecule has 0 saturated carbocycles. The van der Waals surface area contributed by atoms with Gasteiger partial charge >= 0.3 is 0 Å². The molecule has 3 nitrogen and oxygen atoms in total. The molecule has 34 heavy (non-hydrogen) atoms. The number of amidine groups is 1. The first kappa shape index (κ1) is 21.4. The number of benzene rings is 4. The van der Waals surface area contributed by atoms with Crippen molar-refractivity contribution in [3.05, 3.63) is 127 Å². The van der Waals surface area contributed by atoms with Crippen LogP contribution in [0.25, 0.3) is 33.4 Å². The summed E-state index contributed by atoms with van der Waals surface area (Å²) in [6.45, 7) is 0. The van der Waals surface area contributed by atoms with Crippen LogP contribution in [0.3, 0.4) is 0 Å². The number of hydrogen-bond donors (Lipinski definition) is 1. The predicted molar refractivity (Wildman–Crippen MR) is 143 cm³/mol. The van der Waals surface area contributed by atoms with E-state index in [4.69, 9.17) is 23.6 Å². The molecule has 2 N–H and O–H groups in total. The SMILES string of the molecule is [B]c1ccc(-c2ccc(C(N)=Nc3ncc(-c4ccccc4)cc3-c3ccccc3)cc2)cc1. The summed E-state index contributed by atoms with van der Waals surface area (Å²) in [5.74, 6) is 1.01. The van der Waals surface area contributed by atoms with Crippen LogP contribution >= 0.6 is 0 Å². The Bertz CT molecular complexity index is 1430. The standard InChI is InChI=1S/C30H22BN3/c31-27-17-15-23(16-18-27)22-11-13-25(14-12-22)29(32)34-30-28(24-9-5-2-6-10-24)19-26(20-33-30)21-7-3-1-4-8-21/h1-20H,(H2,32,33,34). The zero-order chi connectivity index (χ0) is 23.3. The molecule has 0 spiro atoms. The first-order valence-corrected chi connectivity index (χ1v) is 11.1. The van der Waals surface area contributed by atoms with E-state index >= 15 is 0 Å². The van der Waals surface area contributed by atoms with Crippen LogP contribution < -0.4 is 11.2 Å². The molecule has 0 atom stereocenters. The summed E-state index contributed by atoms with van der Waals surface area (Å²) < 4.78 is 0. The molecule has 0 saturated heterocycles. The lowest BCUT2D eigenvalue weighted by atomic mass is 9.93. The van der Waals surface area contributed by atoms with Crippen LogP contribution in [0.5, 0.6) is 0 Å². The summed E-state index contributed by atoms with van der Waals surface area (Å²) in [4.78, 5) is 9.41. The largest absolute Gasteiger partial charge is 0.383 e. The van der Waals surface area contributed by atoms with Crippen molar-refractivity contribution in [1.29, 1.82) is 0 Å². The molecule has 0 aliphatic carbocycles. The fourth-order valence-corrected chi connectivity index (χ4v) is 3.85. The highest BCUT2D eigenvalue weighted by Gasteiger charge is 2.10. The molecule has 0 fully saturated rings.